The molecule has 19 heavy (non-hydrogen) atoms. The summed E-state index contributed by atoms with van der Waals surface area (Å²) in [5.41, 5.74) is -0.345. The van der Waals surface area contributed by atoms with Crippen LogP contribution in [0.2, 0.25) is 0 Å². The van der Waals surface area contributed by atoms with Gasteiger partial charge >= 0.3 is 0 Å². The van der Waals surface area contributed by atoms with E-state index < -0.39 is 17.6 Å². The predicted octanol–water partition coefficient (Wildman–Crippen LogP) is 2.07. The monoisotopic (exact) mass is 267 g/mol. The first-order valence-electron chi connectivity index (χ1n) is 6.38. The molecule has 2 aliphatic heterocycles. The van der Waals surface area contributed by atoms with Crippen molar-refractivity contribution in [3.63, 3.8) is 0 Å². The number of nitrogens with zero attached hydrogens (tertiary/aromatic N) is 1. The van der Waals surface area contributed by atoms with Crippen LogP contribution in [0.5, 0.6) is 0 Å². The number of rotatable bonds is 2. The Labute approximate surface area is 110 Å². The first-order valence-corrected chi connectivity index (χ1v) is 6.38. The Kier molecular flexibility index (Phi) is 2.82. The maximum absolute atomic E-state index is 13.7. The molecule has 1 aromatic rings. The molecule has 5 heteroatoms. The number of ether oxygens (including phenoxy) is 1. The van der Waals surface area contributed by atoms with E-state index in [4.69, 9.17) is 4.74 Å². The first kappa shape index (κ1) is 12.5. The van der Waals surface area contributed by atoms with Crippen molar-refractivity contribution in [2.75, 3.05) is 19.8 Å². The molecule has 0 radical (unpaired) electrons. The number of likely N-dealkylation sites (tertiary alicyclic amines) is 1. The Morgan fingerprint density at radius 1 is 1.37 bits per heavy atom. The molecule has 2 fully saturated rings. The zero-order valence-corrected chi connectivity index (χ0v) is 10.7. The van der Waals surface area contributed by atoms with Gasteiger partial charge in [-0.3, -0.25) is 4.79 Å². The van der Waals surface area contributed by atoms with Crippen LogP contribution in [0.4, 0.5) is 8.78 Å². The largest absolute Gasteiger partial charge is 0.376 e. The van der Waals surface area contributed by atoms with Crippen molar-refractivity contribution in [1.82, 2.24) is 4.90 Å². The lowest BCUT2D eigenvalue weighted by Gasteiger charge is -2.58. The maximum Gasteiger partial charge on any atom is 0.230 e. The lowest BCUT2D eigenvalue weighted by atomic mass is 9.81. The molecule has 0 saturated carbocycles. The van der Waals surface area contributed by atoms with Gasteiger partial charge in [-0.2, -0.15) is 0 Å². The molecule has 3 nitrogen and oxygen atoms in total. The summed E-state index contributed by atoms with van der Waals surface area (Å²) in [6.45, 7) is 3.26. The van der Waals surface area contributed by atoms with Gasteiger partial charge in [0.05, 0.1) is 24.7 Å². The second kappa shape index (κ2) is 4.27. The van der Waals surface area contributed by atoms with E-state index in [2.05, 4.69) is 0 Å². The standard InChI is InChI=1S/C14H15F2NO2/c1-9(12-10(15)3-2-4-11(12)16)13(18)17-6-5-14(17)7-19-8-14/h2-4,9H,5-8H2,1H3. The number of amides is 1. The Balaban J connectivity index is 1.84. The second-order valence-electron chi connectivity index (χ2n) is 5.31. The average Bonchev–Trinajstić information content (AvgIpc) is 2.25. The number of halogens is 2. The maximum atomic E-state index is 13.7. The van der Waals surface area contributed by atoms with Crippen molar-refractivity contribution in [3.8, 4) is 0 Å². The molecule has 0 N–H and O–H groups in total. The van der Waals surface area contributed by atoms with Crippen molar-refractivity contribution >= 4 is 5.91 Å². The molecule has 0 aliphatic carbocycles. The van der Waals surface area contributed by atoms with Gasteiger partial charge in [0.2, 0.25) is 5.91 Å². The van der Waals surface area contributed by atoms with Crippen LogP contribution in [-0.4, -0.2) is 36.1 Å². The number of carbonyl (C=O) groups excluding carboxylic acids is 1. The van der Waals surface area contributed by atoms with Crippen LogP contribution in [0.3, 0.4) is 0 Å². The third kappa shape index (κ3) is 1.75. The molecule has 0 bridgehead atoms. The van der Waals surface area contributed by atoms with Crippen LogP contribution in [0.15, 0.2) is 18.2 Å². The zero-order chi connectivity index (χ0) is 13.6. The number of hydrogen-bond acceptors (Lipinski definition) is 2. The molecule has 0 aromatic heterocycles. The zero-order valence-electron chi connectivity index (χ0n) is 10.7. The normalized spacial score (nSPS) is 21.7. The van der Waals surface area contributed by atoms with Gasteiger partial charge in [0.15, 0.2) is 0 Å². The van der Waals surface area contributed by atoms with Gasteiger partial charge in [-0.05, 0) is 25.5 Å². The Hall–Kier alpha value is -1.49. The van der Waals surface area contributed by atoms with Gasteiger partial charge in [0, 0.05) is 12.1 Å². The Bertz CT molecular complexity index is 502. The summed E-state index contributed by atoms with van der Waals surface area (Å²) in [6, 6.07) is 3.66. The van der Waals surface area contributed by atoms with Crippen LogP contribution in [-0.2, 0) is 9.53 Å². The highest BCUT2D eigenvalue weighted by Crippen LogP contribution is 2.39. The van der Waals surface area contributed by atoms with Gasteiger partial charge < -0.3 is 9.64 Å². The van der Waals surface area contributed by atoms with Crippen LogP contribution in [0.1, 0.15) is 24.8 Å². The summed E-state index contributed by atoms with van der Waals surface area (Å²) in [5, 5.41) is 0. The highest BCUT2D eigenvalue weighted by atomic mass is 19.1. The van der Waals surface area contributed by atoms with E-state index >= 15 is 0 Å². The number of carbonyl (C=O) groups is 1. The number of hydrogen-bond donors (Lipinski definition) is 0. The molecule has 1 aromatic carbocycles. The topological polar surface area (TPSA) is 29.5 Å². The minimum Gasteiger partial charge on any atom is -0.376 e. The van der Waals surface area contributed by atoms with Crippen LogP contribution >= 0.6 is 0 Å². The summed E-state index contributed by atoms with van der Waals surface area (Å²) in [7, 11) is 0. The van der Waals surface area contributed by atoms with Crippen molar-refractivity contribution in [2.45, 2.75) is 24.8 Å². The smallest absolute Gasteiger partial charge is 0.230 e. The fraction of sp³-hybridized carbons (Fsp3) is 0.500. The van der Waals surface area contributed by atoms with E-state index in [0.717, 1.165) is 6.42 Å². The van der Waals surface area contributed by atoms with Crippen LogP contribution in [0, 0.1) is 11.6 Å². The summed E-state index contributed by atoms with van der Waals surface area (Å²) >= 11 is 0. The minimum absolute atomic E-state index is 0.144. The van der Waals surface area contributed by atoms with E-state index in [1.807, 2.05) is 0 Å². The van der Waals surface area contributed by atoms with E-state index in [1.165, 1.54) is 18.2 Å². The Morgan fingerprint density at radius 3 is 2.42 bits per heavy atom. The van der Waals surface area contributed by atoms with Gasteiger partial charge in [0.1, 0.15) is 11.6 Å². The summed E-state index contributed by atoms with van der Waals surface area (Å²) < 4.78 is 32.6. The third-order valence-corrected chi connectivity index (χ3v) is 4.18. The lowest BCUT2D eigenvalue weighted by Crippen LogP contribution is -2.72. The average molecular weight is 267 g/mol. The van der Waals surface area contributed by atoms with E-state index in [-0.39, 0.29) is 17.0 Å². The van der Waals surface area contributed by atoms with Crippen LogP contribution < -0.4 is 0 Å². The predicted molar refractivity (Wildman–Crippen MR) is 64.7 cm³/mol. The molecular weight excluding hydrogens is 252 g/mol. The SMILES string of the molecule is CC(C(=O)N1CCC12COC2)c1c(F)cccc1F. The van der Waals surface area contributed by atoms with Gasteiger partial charge in [0.25, 0.3) is 0 Å². The third-order valence-electron chi connectivity index (χ3n) is 4.18. The van der Waals surface area contributed by atoms with E-state index in [0.29, 0.717) is 19.8 Å². The fourth-order valence-electron chi connectivity index (χ4n) is 2.80. The highest BCUT2D eigenvalue weighted by molar-refractivity contribution is 5.85. The second-order valence-corrected chi connectivity index (χ2v) is 5.31. The molecule has 2 heterocycles. The molecule has 2 saturated heterocycles. The van der Waals surface area contributed by atoms with E-state index in [1.54, 1.807) is 11.8 Å². The van der Waals surface area contributed by atoms with Crippen LogP contribution in [0.25, 0.3) is 0 Å². The fourth-order valence-corrected chi connectivity index (χ4v) is 2.80. The first-order chi connectivity index (χ1) is 9.05. The summed E-state index contributed by atoms with van der Waals surface area (Å²) in [6.07, 6.45) is 0.908. The molecule has 2 aliphatic rings. The van der Waals surface area contributed by atoms with Gasteiger partial charge in [-0.15, -0.1) is 0 Å². The molecule has 102 valence electrons. The van der Waals surface area contributed by atoms with Crippen molar-refractivity contribution in [1.29, 1.82) is 0 Å². The summed E-state index contributed by atoms with van der Waals surface area (Å²) in [5.74, 6) is -2.36. The molecular formula is C14H15F2NO2. The molecule has 1 amide bonds. The van der Waals surface area contributed by atoms with Gasteiger partial charge in [-0.25, -0.2) is 8.78 Å². The van der Waals surface area contributed by atoms with Crippen molar-refractivity contribution in [3.05, 3.63) is 35.4 Å². The summed E-state index contributed by atoms with van der Waals surface area (Å²) in [4.78, 5) is 14.1. The lowest BCUT2D eigenvalue weighted by molar-refractivity contribution is -0.200. The highest BCUT2D eigenvalue weighted by Gasteiger charge is 2.53. The minimum atomic E-state index is -0.807. The van der Waals surface area contributed by atoms with E-state index in [9.17, 15) is 13.6 Å². The molecule has 1 unspecified atom stereocenters. The van der Waals surface area contributed by atoms with Crippen molar-refractivity contribution in [2.24, 2.45) is 0 Å². The molecule has 3 rings (SSSR count). The molecule has 1 atom stereocenters. The van der Waals surface area contributed by atoms with Gasteiger partial charge in [-0.1, -0.05) is 6.07 Å². The quantitative estimate of drug-likeness (QED) is 0.821. The Morgan fingerprint density at radius 2 is 2.00 bits per heavy atom. The number of benzene rings is 1. The van der Waals surface area contributed by atoms with Crippen molar-refractivity contribution < 1.29 is 18.3 Å². The molecule has 1 spiro atoms.